The summed E-state index contributed by atoms with van der Waals surface area (Å²) < 4.78 is 0. The number of hydrogen-bond acceptors (Lipinski definition) is 3. The average Bonchev–Trinajstić information content (AvgIpc) is 2.51. The van der Waals surface area contributed by atoms with Crippen molar-refractivity contribution in [3.05, 3.63) is 23.8 Å². The highest BCUT2D eigenvalue weighted by Crippen LogP contribution is 2.16. The van der Waals surface area contributed by atoms with Gasteiger partial charge in [0.15, 0.2) is 0 Å². The molecule has 2 heterocycles. The second kappa shape index (κ2) is 4.05. The summed E-state index contributed by atoms with van der Waals surface area (Å²) in [4.78, 5) is 10.8. The molecule has 0 aromatic carbocycles. The molecule has 3 nitrogen and oxygen atoms in total. The lowest BCUT2D eigenvalue weighted by molar-refractivity contribution is 0.316. The van der Waals surface area contributed by atoms with Gasteiger partial charge in [0.2, 0.25) is 0 Å². The van der Waals surface area contributed by atoms with Crippen molar-refractivity contribution in [2.45, 2.75) is 26.8 Å². The van der Waals surface area contributed by atoms with Gasteiger partial charge in [-0.25, -0.2) is 9.97 Å². The number of rotatable bonds is 2. The van der Waals surface area contributed by atoms with Crippen LogP contribution in [0, 0.1) is 12.8 Å². The third-order valence-electron chi connectivity index (χ3n) is 2.75. The lowest BCUT2D eigenvalue weighted by atomic mass is 10.2. The molecule has 0 aliphatic carbocycles. The maximum absolute atomic E-state index is 4.28. The normalized spacial score (nSPS) is 22.9. The molecule has 1 saturated heterocycles. The summed E-state index contributed by atoms with van der Waals surface area (Å²) >= 11 is 0. The molecule has 1 fully saturated rings. The van der Waals surface area contributed by atoms with Crippen LogP contribution in [0.5, 0.6) is 0 Å². The Morgan fingerprint density at radius 1 is 1.50 bits per heavy atom. The molecule has 0 radical (unpaired) electrons. The first-order valence-electron chi connectivity index (χ1n) is 5.24. The minimum atomic E-state index is 0.845. The largest absolute Gasteiger partial charge is 0.297 e. The highest BCUT2D eigenvalue weighted by atomic mass is 15.1. The van der Waals surface area contributed by atoms with Crippen LogP contribution in [0.4, 0.5) is 0 Å². The van der Waals surface area contributed by atoms with Crippen molar-refractivity contribution in [2.24, 2.45) is 5.92 Å². The van der Waals surface area contributed by atoms with Gasteiger partial charge in [-0.2, -0.15) is 0 Å². The fraction of sp³-hybridized carbons (Fsp3) is 0.636. The highest BCUT2D eigenvalue weighted by Gasteiger charge is 2.18. The molecule has 14 heavy (non-hydrogen) atoms. The van der Waals surface area contributed by atoms with E-state index in [1.165, 1.54) is 19.5 Å². The second-order valence-corrected chi connectivity index (χ2v) is 4.28. The van der Waals surface area contributed by atoms with Crippen LogP contribution in [0.1, 0.15) is 24.7 Å². The SMILES string of the molecule is Cc1cc(CN2CCC(C)C2)ncn1. The molecule has 0 bridgehead atoms. The van der Waals surface area contributed by atoms with Crippen molar-refractivity contribution in [3.8, 4) is 0 Å². The van der Waals surface area contributed by atoms with Crippen molar-refractivity contribution < 1.29 is 0 Å². The first kappa shape index (κ1) is 9.59. The Morgan fingerprint density at radius 3 is 3.00 bits per heavy atom. The lowest BCUT2D eigenvalue weighted by Gasteiger charge is -2.14. The van der Waals surface area contributed by atoms with Crippen LogP contribution in [0.15, 0.2) is 12.4 Å². The topological polar surface area (TPSA) is 29.0 Å². The van der Waals surface area contributed by atoms with E-state index >= 15 is 0 Å². The molecule has 3 heteroatoms. The van der Waals surface area contributed by atoms with Gasteiger partial charge in [-0.1, -0.05) is 6.92 Å². The third kappa shape index (κ3) is 2.29. The summed E-state index contributed by atoms with van der Waals surface area (Å²) in [5.74, 6) is 0.845. The summed E-state index contributed by atoms with van der Waals surface area (Å²) in [6.07, 6.45) is 2.98. The quantitative estimate of drug-likeness (QED) is 0.711. The van der Waals surface area contributed by atoms with Gasteiger partial charge in [0.25, 0.3) is 0 Å². The van der Waals surface area contributed by atoms with E-state index in [9.17, 15) is 0 Å². The average molecular weight is 191 g/mol. The molecule has 1 unspecified atom stereocenters. The number of aryl methyl sites for hydroxylation is 1. The number of nitrogens with zero attached hydrogens (tertiary/aromatic N) is 3. The number of aromatic nitrogens is 2. The Balaban J connectivity index is 1.97. The third-order valence-corrected chi connectivity index (χ3v) is 2.75. The summed E-state index contributed by atoms with van der Waals surface area (Å²) in [5.41, 5.74) is 2.20. The van der Waals surface area contributed by atoms with E-state index in [-0.39, 0.29) is 0 Å². The molecule has 0 saturated carbocycles. The predicted molar refractivity (Wildman–Crippen MR) is 55.8 cm³/mol. The van der Waals surface area contributed by atoms with Gasteiger partial charge in [0.1, 0.15) is 6.33 Å². The molecule has 76 valence electrons. The van der Waals surface area contributed by atoms with E-state index in [0.29, 0.717) is 0 Å². The molecule has 2 rings (SSSR count). The van der Waals surface area contributed by atoms with Crippen molar-refractivity contribution in [1.29, 1.82) is 0 Å². The lowest BCUT2D eigenvalue weighted by Crippen LogP contribution is -2.20. The van der Waals surface area contributed by atoms with Crippen LogP contribution in [-0.2, 0) is 6.54 Å². The van der Waals surface area contributed by atoms with Gasteiger partial charge >= 0.3 is 0 Å². The predicted octanol–water partition coefficient (Wildman–Crippen LogP) is 1.63. The monoisotopic (exact) mass is 191 g/mol. The van der Waals surface area contributed by atoms with E-state index in [1.54, 1.807) is 6.33 Å². The molecule has 0 spiro atoms. The van der Waals surface area contributed by atoms with Crippen molar-refractivity contribution in [2.75, 3.05) is 13.1 Å². The zero-order valence-corrected chi connectivity index (χ0v) is 8.90. The molecule has 1 aliphatic heterocycles. The fourth-order valence-corrected chi connectivity index (χ4v) is 2.00. The Morgan fingerprint density at radius 2 is 2.36 bits per heavy atom. The molecular formula is C11H17N3. The van der Waals surface area contributed by atoms with Gasteiger partial charge in [0, 0.05) is 18.8 Å². The van der Waals surface area contributed by atoms with Gasteiger partial charge < -0.3 is 0 Å². The summed E-state index contributed by atoms with van der Waals surface area (Å²) in [5, 5.41) is 0. The van der Waals surface area contributed by atoms with Crippen LogP contribution >= 0.6 is 0 Å². The fourth-order valence-electron chi connectivity index (χ4n) is 2.00. The van der Waals surface area contributed by atoms with Crippen LogP contribution < -0.4 is 0 Å². The van der Waals surface area contributed by atoms with Crippen LogP contribution in [-0.4, -0.2) is 28.0 Å². The van der Waals surface area contributed by atoms with Gasteiger partial charge in [-0.3, -0.25) is 4.90 Å². The summed E-state index contributed by atoms with van der Waals surface area (Å²) in [6.45, 7) is 7.73. The summed E-state index contributed by atoms with van der Waals surface area (Å²) in [6, 6.07) is 2.07. The molecule has 1 aliphatic rings. The van der Waals surface area contributed by atoms with Gasteiger partial charge in [0.05, 0.1) is 5.69 Å². The van der Waals surface area contributed by atoms with Crippen molar-refractivity contribution >= 4 is 0 Å². The Labute approximate surface area is 85.2 Å². The molecular weight excluding hydrogens is 174 g/mol. The van der Waals surface area contributed by atoms with E-state index < -0.39 is 0 Å². The minimum Gasteiger partial charge on any atom is -0.297 e. The van der Waals surface area contributed by atoms with Crippen LogP contribution in [0.25, 0.3) is 0 Å². The highest BCUT2D eigenvalue weighted by molar-refractivity contribution is 5.06. The van der Waals surface area contributed by atoms with Crippen molar-refractivity contribution in [3.63, 3.8) is 0 Å². The molecule has 1 atom stereocenters. The molecule has 0 amide bonds. The standard InChI is InChI=1S/C11H17N3/c1-9-3-4-14(6-9)7-11-5-10(2)12-8-13-11/h5,8-9H,3-4,6-7H2,1-2H3. The molecule has 0 N–H and O–H groups in total. The second-order valence-electron chi connectivity index (χ2n) is 4.28. The number of hydrogen-bond donors (Lipinski definition) is 0. The van der Waals surface area contributed by atoms with Crippen LogP contribution in [0.3, 0.4) is 0 Å². The van der Waals surface area contributed by atoms with E-state index in [4.69, 9.17) is 0 Å². The first-order chi connectivity index (χ1) is 6.74. The zero-order valence-electron chi connectivity index (χ0n) is 8.90. The first-order valence-corrected chi connectivity index (χ1v) is 5.24. The zero-order chi connectivity index (χ0) is 9.97. The van der Waals surface area contributed by atoms with E-state index in [0.717, 1.165) is 23.9 Å². The van der Waals surface area contributed by atoms with Gasteiger partial charge in [-0.05, 0) is 31.9 Å². The number of likely N-dealkylation sites (tertiary alicyclic amines) is 1. The van der Waals surface area contributed by atoms with E-state index in [2.05, 4.69) is 27.9 Å². The maximum atomic E-state index is 4.28. The maximum Gasteiger partial charge on any atom is 0.115 e. The smallest absolute Gasteiger partial charge is 0.115 e. The van der Waals surface area contributed by atoms with Gasteiger partial charge in [-0.15, -0.1) is 0 Å². The minimum absolute atomic E-state index is 0.845. The summed E-state index contributed by atoms with van der Waals surface area (Å²) in [7, 11) is 0. The molecule has 1 aromatic heterocycles. The van der Waals surface area contributed by atoms with Crippen LogP contribution in [0.2, 0.25) is 0 Å². The molecule has 1 aromatic rings. The Bertz CT molecular complexity index is 311. The van der Waals surface area contributed by atoms with E-state index in [1.807, 2.05) is 6.92 Å². The Kier molecular flexibility index (Phi) is 2.77. The Hall–Kier alpha value is -0.960. The van der Waals surface area contributed by atoms with Crippen molar-refractivity contribution in [1.82, 2.24) is 14.9 Å².